The van der Waals surface area contributed by atoms with Crippen molar-refractivity contribution in [1.29, 1.82) is 0 Å². The molecule has 2 aliphatic rings. The largest absolute Gasteiger partial charge is 0.354 e. The first kappa shape index (κ1) is 13.8. The highest BCUT2D eigenvalue weighted by atomic mass is 16.2. The fourth-order valence-electron chi connectivity index (χ4n) is 3.52. The Kier molecular flexibility index (Phi) is 4.62. The molecule has 104 valence electrons. The van der Waals surface area contributed by atoms with E-state index in [0.717, 1.165) is 38.8 Å². The molecule has 2 fully saturated rings. The maximum Gasteiger partial charge on any atom is 0.227 e. The van der Waals surface area contributed by atoms with Crippen LogP contribution in [-0.2, 0) is 4.79 Å². The number of carbonyl (C=O) groups is 1. The summed E-state index contributed by atoms with van der Waals surface area (Å²) in [6.07, 6.45) is 6.71. The first-order valence-electron chi connectivity index (χ1n) is 7.44. The summed E-state index contributed by atoms with van der Waals surface area (Å²) >= 11 is 0. The Hall–Kier alpha value is -0.610. The van der Waals surface area contributed by atoms with Crippen molar-refractivity contribution >= 4 is 5.91 Å². The second-order valence-corrected chi connectivity index (χ2v) is 5.83. The van der Waals surface area contributed by atoms with Crippen molar-refractivity contribution in [3.05, 3.63) is 0 Å². The average Bonchev–Trinajstić information content (AvgIpc) is 3.05. The van der Waals surface area contributed by atoms with Gasteiger partial charge in [0.1, 0.15) is 0 Å². The second-order valence-electron chi connectivity index (χ2n) is 5.83. The summed E-state index contributed by atoms with van der Waals surface area (Å²) in [5.41, 5.74) is 5.58. The van der Waals surface area contributed by atoms with Gasteiger partial charge in [0, 0.05) is 19.1 Å². The summed E-state index contributed by atoms with van der Waals surface area (Å²) < 4.78 is 0. The van der Waals surface area contributed by atoms with Crippen LogP contribution in [-0.4, -0.2) is 43.0 Å². The van der Waals surface area contributed by atoms with Crippen LogP contribution in [0.3, 0.4) is 0 Å². The van der Waals surface area contributed by atoms with Gasteiger partial charge in [-0.25, -0.2) is 0 Å². The maximum atomic E-state index is 12.3. The molecule has 1 heterocycles. The van der Waals surface area contributed by atoms with E-state index in [1.807, 2.05) is 0 Å². The number of hydrogen-bond donors (Lipinski definition) is 2. The van der Waals surface area contributed by atoms with Crippen LogP contribution in [0.5, 0.6) is 0 Å². The highest BCUT2D eigenvalue weighted by Crippen LogP contribution is 2.37. The zero-order chi connectivity index (χ0) is 13.0. The lowest BCUT2D eigenvalue weighted by atomic mass is 9.85. The van der Waals surface area contributed by atoms with Gasteiger partial charge in [0.05, 0.1) is 5.41 Å². The molecule has 0 radical (unpaired) electrons. The third-order valence-electron chi connectivity index (χ3n) is 4.84. The normalized spacial score (nSPS) is 27.6. The molecule has 3 N–H and O–H groups in total. The zero-order valence-corrected chi connectivity index (χ0v) is 11.6. The van der Waals surface area contributed by atoms with Crippen molar-refractivity contribution < 1.29 is 4.79 Å². The molecule has 1 saturated heterocycles. The lowest BCUT2D eigenvalue weighted by Crippen LogP contribution is -2.48. The van der Waals surface area contributed by atoms with Gasteiger partial charge in [-0.3, -0.25) is 9.69 Å². The van der Waals surface area contributed by atoms with Gasteiger partial charge in [-0.2, -0.15) is 0 Å². The Morgan fingerprint density at radius 3 is 2.72 bits per heavy atom. The number of carbonyl (C=O) groups excluding carboxylic acids is 1. The van der Waals surface area contributed by atoms with E-state index in [1.54, 1.807) is 0 Å². The third-order valence-corrected chi connectivity index (χ3v) is 4.84. The smallest absolute Gasteiger partial charge is 0.227 e. The Labute approximate surface area is 110 Å². The van der Waals surface area contributed by atoms with Crippen molar-refractivity contribution in [3.8, 4) is 0 Å². The molecule has 0 aromatic rings. The Morgan fingerprint density at radius 2 is 2.11 bits per heavy atom. The van der Waals surface area contributed by atoms with Crippen LogP contribution in [0.2, 0.25) is 0 Å². The van der Waals surface area contributed by atoms with E-state index in [-0.39, 0.29) is 11.3 Å². The van der Waals surface area contributed by atoms with Crippen molar-refractivity contribution in [2.75, 3.05) is 26.2 Å². The van der Waals surface area contributed by atoms with Gasteiger partial charge in [0.15, 0.2) is 0 Å². The minimum atomic E-state index is -0.254. The first-order valence-corrected chi connectivity index (χ1v) is 7.44. The highest BCUT2D eigenvalue weighted by molar-refractivity contribution is 5.83. The van der Waals surface area contributed by atoms with Gasteiger partial charge >= 0.3 is 0 Å². The average molecular weight is 253 g/mol. The molecule has 4 heteroatoms. The Balaban J connectivity index is 1.84. The van der Waals surface area contributed by atoms with Crippen LogP contribution in [0.4, 0.5) is 0 Å². The Morgan fingerprint density at radius 1 is 1.39 bits per heavy atom. The molecule has 0 spiro atoms. The molecule has 2 rings (SSSR count). The molecule has 1 atom stereocenters. The van der Waals surface area contributed by atoms with Crippen LogP contribution in [0, 0.1) is 5.41 Å². The maximum absolute atomic E-state index is 12.3. The summed E-state index contributed by atoms with van der Waals surface area (Å²) in [7, 11) is 0. The molecule has 0 aromatic carbocycles. The number of amides is 1. The number of nitrogens with two attached hydrogens (primary N) is 1. The van der Waals surface area contributed by atoms with Crippen molar-refractivity contribution in [3.63, 3.8) is 0 Å². The fraction of sp³-hybridized carbons (Fsp3) is 0.929. The summed E-state index contributed by atoms with van der Waals surface area (Å²) in [6, 6.07) is 0.537. The van der Waals surface area contributed by atoms with E-state index in [2.05, 4.69) is 17.1 Å². The van der Waals surface area contributed by atoms with Crippen LogP contribution < -0.4 is 11.1 Å². The lowest BCUT2D eigenvalue weighted by molar-refractivity contribution is -0.130. The SMILES string of the molecule is CCN1CCCC1CNC(=O)C1(CN)CCCC1. The predicted molar refractivity (Wildman–Crippen MR) is 73.2 cm³/mol. The van der Waals surface area contributed by atoms with E-state index in [4.69, 9.17) is 5.73 Å². The monoisotopic (exact) mass is 253 g/mol. The van der Waals surface area contributed by atoms with Gasteiger partial charge in [-0.05, 0) is 38.8 Å². The van der Waals surface area contributed by atoms with Crippen molar-refractivity contribution in [2.45, 2.75) is 51.5 Å². The molecule has 1 aliphatic heterocycles. The number of likely N-dealkylation sites (N-methyl/N-ethyl adjacent to an activating group) is 1. The minimum Gasteiger partial charge on any atom is -0.354 e. The molecular formula is C14H27N3O. The summed E-state index contributed by atoms with van der Waals surface area (Å²) in [5.74, 6) is 0.199. The van der Waals surface area contributed by atoms with E-state index in [9.17, 15) is 4.79 Å². The van der Waals surface area contributed by atoms with Crippen LogP contribution in [0.25, 0.3) is 0 Å². The lowest BCUT2D eigenvalue weighted by Gasteiger charge is -2.28. The number of rotatable bonds is 5. The first-order chi connectivity index (χ1) is 8.72. The molecule has 1 amide bonds. The van der Waals surface area contributed by atoms with E-state index in [1.165, 1.54) is 19.4 Å². The zero-order valence-electron chi connectivity index (χ0n) is 11.6. The predicted octanol–water partition coefficient (Wildman–Crippen LogP) is 1.11. The fourth-order valence-corrected chi connectivity index (χ4v) is 3.52. The number of likely N-dealkylation sites (tertiary alicyclic amines) is 1. The van der Waals surface area contributed by atoms with Gasteiger partial charge < -0.3 is 11.1 Å². The molecule has 4 nitrogen and oxygen atoms in total. The topological polar surface area (TPSA) is 58.4 Å². The van der Waals surface area contributed by atoms with Crippen molar-refractivity contribution in [1.82, 2.24) is 10.2 Å². The van der Waals surface area contributed by atoms with Crippen LogP contribution in [0.15, 0.2) is 0 Å². The van der Waals surface area contributed by atoms with Gasteiger partial charge in [-0.15, -0.1) is 0 Å². The molecule has 0 bridgehead atoms. The second kappa shape index (κ2) is 6.02. The summed E-state index contributed by atoms with van der Waals surface area (Å²) in [5, 5.41) is 3.16. The quantitative estimate of drug-likeness (QED) is 0.771. The van der Waals surface area contributed by atoms with E-state index < -0.39 is 0 Å². The molecule has 1 unspecified atom stereocenters. The number of hydrogen-bond acceptors (Lipinski definition) is 3. The van der Waals surface area contributed by atoms with Crippen LogP contribution >= 0.6 is 0 Å². The van der Waals surface area contributed by atoms with E-state index in [0.29, 0.717) is 12.6 Å². The summed E-state index contributed by atoms with van der Waals surface area (Å²) in [4.78, 5) is 14.8. The Bertz CT molecular complexity index is 287. The molecule has 18 heavy (non-hydrogen) atoms. The van der Waals surface area contributed by atoms with Gasteiger partial charge in [-0.1, -0.05) is 19.8 Å². The molecule has 1 aliphatic carbocycles. The van der Waals surface area contributed by atoms with Gasteiger partial charge in [0.2, 0.25) is 5.91 Å². The standard InChI is InChI=1S/C14H27N3O/c1-2-17-9-5-6-12(17)10-16-13(18)14(11-15)7-3-4-8-14/h12H,2-11,15H2,1H3,(H,16,18). The number of nitrogens with one attached hydrogen (secondary N) is 1. The highest BCUT2D eigenvalue weighted by Gasteiger charge is 2.40. The molecule has 1 saturated carbocycles. The third kappa shape index (κ3) is 2.69. The number of nitrogens with zero attached hydrogens (tertiary/aromatic N) is 1. The minimum absolute atomic E-state index is 0.199. The summed E-state index contributed by atoms with van der Waals surface area (Å²) in [6.45, 7) is 5.76. The van der Waals surface area contributed by atoms with E-state index >= 15 is 0 Å². The molecular weight excluding hydrogens is 226 g/mol. The van der Waals surface area contributed by atoms with Crippen molar-refractivity contribution in [2.24, 2.45) is 11.1 Å². The van der Waals surface area contributed by atoms with Crippen LogP contribution in [0.1, 0.15) is 45.4 Å². The van der Waals surface area contributed by atoms with Gasteiger partial charge in [0.25, 0.3) is 0 Å². The molecule has 0 aromatic heterocycles.